The molecule has 1 aromatic rings. The van der Waals surface area contributed by atoms with Gasteiger partial charge in [0.05, 0.1) is 0 Å². The molecule has 94 valence electrons. The van der Waals surface area contributed by atoms with Gasteiger partial charge in [0.25, 0.3) is 0 Å². The van der Waals surface area contributed by atoms with Gasteiger partial charge in [-0.2, -0.15) is 0 Å². The summed E-state index contributed by atoms with van der Waals surface area (Å²) in [5, 5.41) is 1.11. The molecule has 0 atom stereocenters. The molecule has 0 bridgehead atoms. The van der Waals surface area contributed by atoms with Crippen molar-refractivity contribution in [1.29, 1.82) is 0 Å². The van der Waals surface area contributed by atoms with Gasteiger partial charge in [-0.25, -0.2) is 0 Å². The normalized spacial score (nSPS) is 13.7. The van der Waals surface area contributed by atoms with Crippen LogP contribution in [0.4, 0.5) is 0 Å². The number of fused-ring (bicyclic) bond motifs is 1. The van der Waals surface area contributed by atoms with Gasteiger partial charge >= 0.3 is 0 Å². The van der Waals surface area contributed by atoms with E-state index >= 15 is 0 Å². The van der Waals surface area contributed by atoms with Crippen molar-refractivity contribution in [3.63, 3.8) is 0 Å². The summed E-state index contributed by atoms with van der Waals surface area (Å²) in [7, 11) is 0. The van der Waals surface area contributed by atoms with Crippen LogP contribution in [0.15, 0.2) is 23.1 Å². The van der Waals surface area contributed by atoms with Gasteiger partial charge in [0, 0.05) is 10.2 Å². The Morgan fingerprint density at radius 1 is 1.06 bits per heavy atom. The highest BCUT2D eigenvalue weighted by Gasteiger charge is 2.11. The number of halogens is 1. The lowest BCUT2D eigenvalue weighted by atomic mass is 10.3. The Kier molecular flexibility index (Phi) is 5.52. The molecule has 0 aromatic heterocycles. The van der Waals surface area contributed by atoms with E-state index in [2.05, 4.69) is 28.1 Å². The first kappa shape index (κ1) is 13.1. The van der Waals surface area contributed by atoms with E-state index in [1.54, 1.807) is 0 Å². The third kappa shape index (κ3) is 4.11. The number of hydrogen-bond donors (Lipinski definition) is 0. The molecule has 1 heterocycles. The van der Waals surface area contributed by atoms with Crippen LogP contribution in [0.3, 0.4) is 0 Å². The minimum Gasteiger partial charge on any atom is -0.486 e. The molecule has 0 N–H and O–H groups in total. The van der Waals surface area contributed by atoms with Crippen LogP contribution in [0.5, 0.6) is 11.5 Å². The van der Waals surface area contributed by atoms with E-state index in [1.165, 1.54) is 29.9 Å². The highest BCUT2D eigenvalue weighted by atomic mass is 79.9. The van der Waals surface area contributed by atoms with Gasteiger partial charge in [-0.1, -0.05) is 22.4 Å². The monoisotopic (exact) mass is 316 g/mol. The summed E-state index contributed by atoms with van der Waals surface area (Å²) in [5.41, 5.74) is 0. The quantitative estimate of drug-likeness (QED) is 0.447. The topological polar surface area (TPSA) is 18.5 Å². The van der Waals surface area contributed by atoms with Crippen LogP contribution in [0, 0.1) is 0 Å². The molecule has 2 rings (SSSR count). The number of alkyl halides is 1. The Labute approximate surface area is 115 Å². The fraction of sp³-hybridized carbons (Fsp3) is 0.538. The van der Waals surface area contributed by atoms with Gasteiger partial charge in [0.2, 0.25) is 0 Å². The lowest BCUT2D eigenvalue weighted by Gasteiger charge is -2.18. The lowest BCUT2D eigenvalue weighted by Crippen LogP contribution is -2.15. The van der Waals surface area contributed by atoms with Crippen molar-refractivity contribution in [1.82, 2.24) is 0 Å². The minimum atomic E-state index is 0.659. The van der Waals surface area contributed by atoms with Crippen LogP contribution in [0.25, 0.3) is 0 Å². The van der Waals surface area contributed by atoms with E-state index in [0.717, 1.165) is 16.8 Å². The fourth-order valence-electron chi connectivity index (χ4n) is 1.68. The third-order valence-electron chi connectivity index (χ3n) is 2.56. The number of thioether (sulfide) groups is 1. The van der Waals surface area contributed by atoms with E-state index in [1.807, 2.05) is 17.8 Å². The molecule has 0 radical (unpaired) electrons. The molecule has 0 unspecified atom stereocenters. The zero-order valence-electron chi connectivity index (χ0n) is 9.78. The standard InChI is InChI=1S/C13H17BrO2S/c14-6-2-1-3-9-17-11-4-5-12-13(10-11)16-8-7-15-12/h4-5,10H,1-3,6-9H2. The van der Waals surface area contributed by atoms with Crippen LogP contribution < -0.4 is 9.47 Å². The average molecular weight is 317 g/mol. The fourth-order valence-corrected chi connectivity index (χ4v) is 3.01. The largest absolute Gasteiger partial charge is 0.486 e. The number of benzene rings is 1. The van der Waals surface area contributed by atoms with E-state index in [0.29, 0.717) is 13.2 Å². The summed E-state index contributed by atoms with van der Waals surface area (Å²) in [4.78, 5) is 1.27. The Morgan fingerprint density at radius 3 is 2.71 bits per heavy atom. The average Bonchev–Trinajstić information content (AvgIpc) is 2.38. The molecule has 1 aliphatic heterocycles. The molecule has 0 saturated heterocycles. The predicted octanol–water partition coefficient (Wildman–Crippen LogP) is 4.12. The molecule has 2 nitrogen and oxygen atoms in total. The third-order valence-corrected chi connectivity index (χ3v) is 4.20. The lowest BCUT2D eigenvalue weighted by molar-refractivity contribution is 0.171. The van der Waals surface area contributed by atoms with Crippen molar-refractivity contribution in [3.05, 3.63) is 18.2 Å². The molecule has 1 aliphatic rings. The maximum atomic E-state index is 5.56. The molecule has 0 spiro atoms. The summed E-state index contributed by atoms with van der Waals surface area (Å²) in [5.74, 6) is 2.94. The number of hydrogen-bond acceptors (Lipinski definition) is 3. The first-order valence-electron chi connectivity index (χ1n) is 5.98. The molecule has 4 heteroatoms. The van der Waals surface area contributed by atoms with Crippen molar-refractivity contribution in [2.45, 2.75) is 24.2 Å². The minimum absolute atomic E-state index is 0.659. The highest BCUT2D eigenvalue weighted by molar-refractivity contribution is 9.09. The molecule has 0 saturated carbocycles. The Hall–Kier alpha value is -0.350. The summed E-state index contributed by atoms with van der Waals surface area (Å²) in [6.07, 6.45) is 3.83. The highest BCUT2D eigenvalue weighted by Crippen LogP contribution is 2.34. The molecule has 1 aromatic carbocycles. The van der Waals surface area contributed by atoms with Crippen molar-refractivity contribution >= 4 is 27.7 Å². The van der Waals surface area contributed by atoms with Gasteiger partial charge in [0.15, 0.2) is 11.5 Å². The number of rotatable bonds is 6. The van der Waals surface area contributed by atoms with Crippen LogP contribution in [0.1, 0.15) is 19.3 Å². The van der Waals surface area contributed by atoms with Crippen LogP contribution in [-0.2, 0) is 0 Å². The van der Waals surface area contributed by atoms with Crippen molar-refractivity contribution in [2.75, 3.05) is 24.3 Å². The zero-order chi connectivity index (χ0) is 11.9. The number of ether oxygens (including phenoxy) is 2. The van der Waals surface area contributed by atoms with E-state index in [-0.39, 0.29) is 0 Å². The summed E-state index contributed by atoms with van der Waals surface area (Å²) < 4.78 is 11.1. The summed E-state index contributed by atoms with van der Waals surface area (Å²) in [6.45, 7) is 1.32. The summed E-state index contributed by atoms with van der Waals surface area (Å²) in [6, 6.07) is 6.21. The Morgan fingerprint density at radius 2 is 1.88 bits per heavy atom. The van der Waals surface area contributed by atoms with Gasteiger partial charge in [-0.05, 0) is 36.8 Å². The maximum Gasteiger partial charge on any atom is 0.162 e. The van der Waals surface area contributed by atoms with Crippen molar-refractivity contribution < 1.29 is 9.47 Å². The van der Waals surface area contributed by atoms with Gasteiger partial charge in [-0.3, -0.25) is 0 Å². The Bertz CT molecular complexity index is 357. The van der Waals surface area contributed by atoms with Gasteiger partial charge in [0.1, 0.15) is 13.2 Å². The SMILES string of the molecule is BrCCCCCSc1ccc2c(c1)OCCO2. The van der Waals surface area contributed by atoms with E-state index in [9.17, 15) is 0 Å². The van der Waals surface area contributed by atoms with Gasteiger partial charge < -0.3 is 9.47 Å². The smallest absolute Gasteiger partial charge is 0.162 e. The second kappa shape index (κ2) is 7.17. The zero-order valence-corrected chi connectivity index (χ0v) is 12.2. The predicted molar refractivity (Wildman–Crippen MR) is 75.8 cm³/mol. The molecule has 0 aliphatic carbocycles. The van der Waals surface area contributed by atoms with Crippen molar-refractivity contribution in [3.8, 4) is 11.5 Å². The molecule has 0 fully saturated rings. The Balaban J connectivity index is 1.81. The second-order valence-corrected chi connectivity index (χ2v) is 5.86. The molecule has 0 amide bonds. The molecular formula is C13H17BrO2S. The van der Waals surface area contributed by atoms with E-state index in [4.69, 9.17) is 9.47 Å². The van der Waals surface area contributed by atoms with Crippen molar-refractivity contribution in [2.24, 2.45) is 0 Å². The molecular weight excluding hydrogens is 300 g/mol. The maximum absolute atomic E-state index is 5.56. The summed E-state index contributed by atoms with van der Waals surface area (Å²) >= 11 is 5.34. The van der Waals surface area contributed by atoms with Gasteiger partial charge in [-0.15, -0.1) is 11.8 Å². The van der Waals surface area contributed by atoms with Crippen LogP contribution in [-0.4, -0.2) is 24.3 Å². The second-order valence-electron chi connectivity index (χ2n) is 3.90. The number of unbranched alkanes of at least 4 members (excludes halogenated alkanes) is 2. The van der Waals surface area contributed by atoms with E-state index < -0.39 is 0 Å². The first-order chi connectivity index (χ1) is 8.40. The first-order valence-corrected chi connectivity index (χ1v) is 8.09. The van der Waals surface area contributed by atoms with Crippen LogP contribution in [0.2, 0.25) is 0 Å². The molecule has 17 heavy (non-hydrogen) atoms. The van der Waals surface area contributed by atoms with Crippen LogP contribution >= 0.6 is 27.7 Å².